The van der Waals surface area contributed by atoms with E-state index in [4.69, 9.17) is 10.8 Å². The van der Waals surface area contributed by atoms with E-state index >= 15 is 0 Å². The average Bonchev–Trinajstić information content (AvgIpc) is 2.65. The Kier molecular flexibility index (Phi) is 4.70. The number of aliphatic hydroxyl groups is 1. The van der Waals surface area contributed by atoms with Crippen molar-refractivity contribution < 1.29 is 9.90 Å². The molecule has 19 heavy (non-hydrogen) atoms. The third-order valence-corrected chi connectivity index (χ3v) is 3.38. The number of β-amino-alcohol motifs (C(OH)–C–C–N with tert-alkyl or cyclic N) is 1. The van der Waals surface area contributed by atoms with Crippen molar-refractivity contribution in [2.75, 3.05) is 45.1 Å². The zero-order valence-electron chi connectivity index (χ0n) is 11.0. The first-order valence-corrected chi connectivity index (χ1v) is 6.54. The van der Waals surface area contributed by atoms with E-state index in [9.17, 15) is 4.79 Å². The fourth-order valence-electron chi connectivity index (χ4n) is 2.29. The van der Waals surface area contributed by atoms with Gasteiger partial charge in [-0.3, -0.25) is 14.7 Å². The van der Waals surface area contributed by atoms with Crippen molar-refractivity contribution >= 4 is 11.6 Å². The minimum atomic E-state index is -0.0588. The predicted octanol–water partition coefficient (Wildman–Crippen LogP) is -0.196. The van der Waals surface area contributed by atoms with E-state index in [-0.39, 0.29) is 12.5 Å². The van der Waals surface area contributed by atoms with Crippen LogP contribution < -0.4 is 5.73 Å². The van der Waals surface area contributed by atoms with E-state index in [0.29, 0.717) is 24.3 Å². The van der Waals surface area contributed by atoms with E-state index in [0.717, 1.165) is 26.1 Å². The maximum absolute atomic E-state index is 12.4. The molecule has 6 heteroatoms. The number of amides is 1. The number of rotatable bonds is 3. The largest absolute Gasteiger partial charge is 0.398 e. The van der Waals surface area contributed by atoms with Crippen LogP contribution in [0.1, 0.15) is 16.8 Å². The molecule has 2 rings (SSSR count). The highest BCUT2D eigenvalue weighted by molar-refractivity contribution is 5.98. The second kappa shape index (κ2) is 6.49. The Balaban J connectivity index is 2.02. The first-order valence-electron chi connectivity index (χ1n) is 6.54. The molecule has 0 aliphatic carbocycles. The molecule has 2 heterocycles. The number of aromatic nitrogens is 1. The number of nitrogen functional groups attached to an aromatic ring is 1. The van der Waals surface area contributed by atoms with Gasteiger partial charge in [-0.1, -0.05) is 0 Å². The number of nitrogens with zero attached hydrogens (tertiary/aromatic N) is 3. The zero-order valence-corrected chi connectivity index (χ0v) is 11.0. The SMILES string of the molecule is Nc1ccncc1C(=O)N1CCCN(CCO)CC1. The van der Waals surface area contributed by atoms with Crippen LogP contribution in [0.5, 0.6) is 0 Å². The lowest BCUT2D eigenvalue weighted by Gasteiger charge is -2.22. The van der Waals surface area contributed by atoms with Crippen LogP contribution in [0.2, 0.25) is 0 Å². The molecule has 1 saturated heterocycles. The molecule has 1 aromatic heterocycles. The van der Waals surface area contributed by atoms with E-state index in [1.54, 1.807) is 12.3 Å². The third-order valence-electron chi connectivity index (χ3n) is 3.38. The number of pyridine rings is 1. The molecule has 3 N–H and O–H groups in total. The third kappa shape index (κ3) is 3.42. The van der Waals surface area contributed by atoms with E-state index in [1.807, 2.05) is 4.90 Å². The molecular formula is C13H20N4O2. The number of carbonyl (C=O) groups is 1. The molecule has 0 unspecified atom stereocenters. The Morgan fingerprint density at radius 3 is 2.95 bits per heavy atom. The predicted molar refractivity (Wildman–Crippen MR) is 72.7 cm³/mol. The summed E-state index contributed by atoms with van der Waals surface area (Å²) in [4.78, 5) is 20.3. The number of anilines is 1. The normalized spacial score (nSPS) is 17.2. The summed E-state index contributed by atoms with van der Waals surface area (Å²) in [5.41, 5.74) is 6.75. The van der Waals surface area contributed by atoms with Crippen LogP contribution in [0.25, 0.3) is 0 Å². The van der Waals surface area contributed by atoms with Gasteiger partial charge < -0.3 is 15.7 Å². The van der Waals surface area contributed by atoms with Gasteiger partial charge in [-0.2, -0.15) is 0 Å². The van der Waals surface area contributed by atoms with Crippen molar-refractivity contribution in [2.24, 2.45) is 0 Å². The van der Waals surface area contributed by atoms with Crippen LogP contribution in [0, 0.1) is 0 Å². The summed E-state index contributed by atoms with van der Waals surface area (Å²) in [6.07, 6.45) is 4.01. The first kappa shape index (κ1) is 13.8. The summed E-state index contributed by atoms with van der Waals surface area (Å²) >= 11 is 0. The lowest BCUT2D eigenvalue weighted by molar-refractivity contribution is 0.0761. The second-order valence-electron chi connectivity index (χ2n) is 4.67. The maximum atomic E-state index is 12.4. The molecule has 1 fully saturated rings. The smallest absolute Gasteiger partial charge is 0.257 e. The summed E-state index contributed by atoms with van der Waals surface area (Å²) in [6, 6.07) is 1.64. The first-order chi connectivity index (χ1) is 9.22. The second-order valence-corrected chi connectivity index (χ2v) is 4.67. The molecule has 1 aliphatic heterocycles. The summed E-state index contributed by atoms with van der Waals surface area (Å²) in [7, 11) is 0. The van der Waals surface area contributed by atoms with Crippen LogP contribution in [-0.4, -0.2) is 65.1 Å². The van der Waals surface area contributed by atoms with Gasteiger partial charge in [-0.25, -0.2) is 0 Å². The molecule has 0 bridgehead atoms. The Morgan fingerprint density at radius 1 is 1.37 bits per heavy atom. The number of nitrogens with two attached hydrogens (primary N) is 1. The highest BCUT2D eigenvalue weighted by atomic mass is 16.3. The van der Waals surface area contributed by atoms with E-state index < -0.39 is 0 Å². The van der Waals surface area contributed by atoms with Gasteiger partial charge in [0.25, 0.3) is 5.91 Å². The van der Waals surface area contributed by atoms with Crippen molar-refractivity contribution in [1.29, 1.82) is 0 Å². The minimum Gasteiger partial charge on any atom is -0.398 e. The van der Waals surface area contributed by atoms with Crippen molar-refractivity contribution in [3.05, 3.63) is 24.0 Å². The lowest BCUT2D eigenvalue weighted by Crippen LogP contribution is -2.36. The molecule has 6 nitrogen and oxygen atoms in total. The molecule has 0 saturated carbocycles. The Morgan fingerprint density at radius 2 is 2.21 bits per heavy atom. The van der Waals surface area contributed by atoms with Gasteiger partial charge >= 0.3 is 0 Å². The molecule has 0 radical (unpaired) electrons. The maximum Gasteiger partial charge on any atom is 0.257 e. The average molecular weight is 264 g/mol. The van der Waals surface area contributed by atoms with Gasteiger partial charge in [0.2, 0.25) is 0 Å². The van der Waals surface area contributed by atoms with Crippen LogP contribution in [0.3, 0.4) is 0 Å². The summed E-state index contributed by atoms with van der Waals surface area (Å²) in [5, 5.41) is 8.95. The molecule has 0 atom stereocenters. The fraction of sp³-hybridized carbons (Fsp3) is 0.538. The van der Waals surface area contributed by atoms with E-state index in [2.05, 4.69) is 9.88 Å². The van der Waals surface area contributed by atoms with Gasteiger partial charge in [0.1, 0.15) is 0 Å². The molecule has 1 aliphatic rings. The molecular weight excluding hydrogens is 244 g/mol. The van der Waals surface area contributed by atoms with Crippen molar-refractivity contribution in [2.45, 2.75) is 6.42 Å². The molecule has 1 amide bonds. The lowest BCUT2D eigenvalue weighted by atomic mass is 10.2. The molecule has 104 valence electrons. The fourth-order valence-corrected chi connectivity index (χ4v) is 2.29. The number of aliphatic hydroxyl groups excluding tert-OH is 1. The van der Waals surface area contributed by atoms with Crippen LogP contribution in [-0.2, 0) is 0 Å². The number of hydrogen-bond donors (Lipinski definition) is 2. The van der Waals surface area contributed by atoms with Crippen molar-refractivity contribution in [3.8, 4) is 0 Å². The minimum absolute atomic E-state index is 0.0588. The number of carbonyl (C=O) groups excluding carboxylic acids is 1. The highest BCUT2D eigenvalue weighted by Gasteiger charge is 2.21. The Bertz CT molecular complexity index is 438. The number of hydrogen-bond acceptors (Lipinski definition) is 5. The van der Waals surface area contributed by atoms with Crippen LogP contribution in [0.4, 0.5) is 5.69 Å². The van der Waals surface area contributed by atoms with Gasteiger partial charge in [0.15, 0.2) is 0 Å². The standard InChI is InChI=1S/C13H20N4O2/c14-12-2-3-15-10-11(12)13(19)17-5-1-4-16(6-7-17)8-9-18/h2-3,10,18H,1,4-9H2,(H2,14,15). The molecule has 0 spiro atoms. The topological polar surface area (TPSA) is 82.7 Å². The molecule has 1 aromatic rings. The van der Waals surface area contributed by atoms with Crippen molar-refractivity contribution in [3.63, 3.8) is 0 Å². The molecule has 0 aromatic carbocycles. The van der Waals surface area contributed by atoms with Gasteiger partial charge in [0.05, 0.1) is 12.2 Å². The van der Waals surface area contributed by atoms with Crippen LogP contribution >= 0.6 is 0 Å². The Labute approximate surface area is 112 Å². The monoisotopic (exact) mass is 264 g/mol. The van der Waals surface area contributed by atoms with Gasteiger partial charge in [-0.15, -0.1) is 0 Å². The zero-order chi connectivity index (χ0) is 13.7. The van der Waals surface area contributed by atoms with Crippen molar-refractivity contribution in [1.82, 2.24) is 14.8 Å². The highest BCUT2D eigenvalue weighted by Crippen LogP contribution is 2.13. The van der Waals surface area contributed by atoms with E-state index in [1.165, 1.54) is 6.20 Å². The van der Waals surface area contributed by atoms with Crippen LogP contribution in [0.15, 0.2) is 18.5 Å². The summed E-state index contributed by atoms with van der Waals surface area (Å²) in [6.45, 7) is 3.89. The quantitative estimate of drug-likeness (QED) is 0.790. The Hall–Kier alpha value is -1.66. The summed E-state index contributed by atoms with van der Waals surface area (Å²) < 4.78 is 0. The van der Waals surface area contributed by atoms with Gasteiger partial charge in [-0.05, 0) is 19.0 Å². The van der Waals surface area contributed by atoms with Gasteiger partial charge in [0, 0.05) is 44.3 Å². The summed E-state index contributed by atoms with van der Waals surface area (Å²) in [5.74, 6) is -0.0588.